The number of hydrogen-bond acceptors (Lipinski definition) is 4. The van der Waals surface area contributed by atoms with Crippen LogP contribution in [0.25, 0.3) is 0 Å². The quantitative estimate of drug-likeness (QED) is 0.438. The molecule has 7 nitrogen and oxygen atoms in total. The molecule has 0 aliphatic rings. The van der Waals surface area contributed by atoms with Crippen LogP contribution < -0.4 is 9.62 Å². The lowest BCUT2D eigenvalue weighted by Crippen LogP contribution is -2.51. The second-order valence-electron chi connectivity index (χ2n) is 8.20. The molecule has 2 aromatic carbocycles. The third-order valence-electron chi connectivity index (χ3n) is 5.30. The Bertz CT molecular complexity index is 1120. The molecule has 1 atom stereocenters. The summed E-state index contributed by atoms with van der Waals surface area (Å²) in [5, 5.41) is 3.53. The minimum Gasteiger partial charge on any atom is -0.354 e. The molecule has 34 heavy (non-hydrogen) atoms. The van der Waals surface area contributed by atoms with Crippen LogP contribution in [0.2, 0.25) is 10.0 Å². The Morgan fingerprint density at radius 3 is 2.38 bits per heavy atom. The van der Waals surface area contributed by atoms with Crippen molar-refractivity contribution in [3.63, 3.8) is 0 Å². The number of benzene rings is 2. The van der Waals surface area contributed by atoms with E-state index in [2.05, 4.69) is 5.32 Å². The van der Waals surface area contributed by atoms with Crippen molar-refractivity contribution in [2.75, 3.05) is 23.7 Å². The standard InChI is InChI=1S/C24H31Cl2N3O4S/c1-5-6-12-27-24(31)18(3)28(15-19-10-11-21(25)22(26)14-19)23(30)16-29(34(4,32)33)20-9-7-8-17(2)13-20/h7-11,13-14,18H,5-6,12,15-16H2,1-4H3,(H,27,31)/t18-/m0/s1. The fourth-order valence-electron chi connectivity index (χ4n) is 3.35. The summed E-state index contributed by atoms with van der Waals surface area (Å²) < 4.78 is 26.2. The van der Waals surface area contributed by atoms with Crippen molar-refractivity contribution in [2.24, 2.45) is 0 Å². The maximum Gasteiger partial charge on any atom is 0.244 e. The Labute approximate surface area is 212 Å². The molecule has 2 aromatic rings. The largest absolute Gasteiger partial charge is 0.354 e. The maximum absolute atomic E-state index is 13.5. The lowest BCUT2D eigenvalue weighted by Gasteiger charge is -2.31. The summed E-state index contributed by atoms with van der Waals surface area (Å²) in [6.07, 6.45) is 2.78. The lowest BCUT2D eigenvalue weighted by molar-refractivity contribution is -0.139. The van der Waals surface area contributed by atoms with Crippen molar-refractivity contribution in [1.82, 2.24) is 10.2 Å². The molecule has 186 valence electrons. The molecule has 2 amide bonds. The number of sulfonamides is 1. The average molecular weight is 529 g/mol. The molecule has 0 unspecified atom stereocenters. The first-order valence-electron chi connectivity index (χ1n) is 11.0. The Morgan fingerprint density at radius 1 is 1.09 bits per heavy atom. The number of nitrogens with zero attached hydrogens (tertiary/aromatic N) is 2. The molecular formula is C24H31Cl2N3O4S. The molecule has 0 fully saturated rings. The van der Waals surface area contributed by atoms with Gasteiger partial charge in [0.2, 0.25) is 21.8 Å². The lowest BCUT2D eigenvalue weighted by atomic mass is 10.1. The molecule has 2 rings (SSSR count). The molecule has 0 saturated carbocycles. The highest BCUT2D eigenvalue weighted by atomic mass is 35.5. The number of hydrogen-bond donors (Lipinski definition) is 1. The van der Waals surface area contributed by atoms with Gasteiger partial charge in [-0.2, -0.15) is 0 Å². The van der Waals surface area contributed by atoms with Gasteiger partial charge in [0.1, 0.15) is 12.6 Å². The highest BCUT2D eigenvalue weighted by Crippen LogP contribution is 2.24. The summed E-state index contributed by atoms with van der Waals surface area (Å²) in [4.78, 5) is 27.6. The molecule has 0 spiro atoms. The summed E-state index contributed by atoms with van der Waals surface area (Å²) in [6.45, 7) is 5.58. The van der Waals surface area contributed by atoms with Gasteiger partial charge in [-0.1, -0.05) is 54.7 Å². The molecule has 0 heterocycles. The first-order chi connectivity index (χ1) is 15.9. The molecule has 0 aliphatic heterocycles. The van der Waals surface area contributed by atoms with E-state index in [4.69, 9.17) is 23.2 Å². The van der Waals surface area contributed by atoms with Crippen LogP contribution in [0.15, 0.2) is 42.5 Å². The molecule has 1 N–H and O–H groups in total. The molecule has 0 aliphatic carbocycles. The van der Waals surface area contributed by atoms with Gasteiger partial charge in [-0.05, 0) is 55.7 Å². The van der Waals surface area contributed by atoms with Crippen molar-refractivity contribution in [1.29, 1.82) is 0 Å². The molecule has 10 heteroatoms. The summed E-state index contributed by atoms with van der Waals surface area (Å²) in [7, 11) is -3.77. The SMILES string of the molecule is CCCCNC(=O)[C@H](C)N(Cc1ccc(Cl)c(Cl)c1)C(=O)CN(c1cccc(C)c1)S(C)(=O)=O. The van der Waals surface area contributed by atoms with Gasteiger partial charge in [0.25, 0.3) is 0 Å². The molecular weight excluding hydrogens is 497 g/mol. The summed E-state index contributed by atoms with van der Waals surface area (Å²) in [6, 6.07) is 11.0. The van der Waals surface area contributed by atoms with Crippen LogP contribution in [-0.4, -0.2) is 50.5 Å². The minimum atomic E-state index is -3.77. The van der Waals surface area contributed by atoms with Crippen molar-refractivity contribution in [3.8, 4) is 0 Å². The maximum atomic E-state index is 13.5. The summed E-state index contributed by atoms with van der Waals surface area (Å²) in [5.74, 6) is -0.834. The smallest absolute Gasteiger partial charge is 0.244 e. The van der Waals surface area contributed by atoms with Crippen LogP contribution >= 0.6 is 23.2 Å². The van der Waals surface area contributed by atoms with Crippen LogP contribution in [-0.2, 0) is 26.2 Å². The fourth-order valence-corrected chi connectivity index (χ4v) is 4.51. The number of aryl methyl sites for hydroxylation is 1. The third-order valence-corrected chi connectivity index (χ3v) is 7.18. The molecule has 0 aromatic heterocycles. The number of anilines is 1. The van der Waals surface area contributed by atoms with E-state index >= 15 is 0 Å². The molecule has 0 saturated heterocycles. The first kappa shape index (κ1) is 28.0. The van der Waals surface area contributed by atoms with Crippen molar-refractivity contribution in [3.05, 3.63) is 63.6 Å². The number of rotatable bonds is 11. The number of nitrogens with one attached hydrogen (secondary N) is 1. The van der Waals surface area contributed by atoms with Crippen LogP contribution in [0.1, 0.15) is 37.8 Å². The number of carbonyl (C=O) groups excluding carboxylic acids is 2. The Hall–Kier alpha value is -2.29. The van der Waals surface area contributed by atoms with Gasteiger partial charge >= 0.3 is 0 Å². The van der Waals surface area contributed by atoms with Gasteiger partial charge in [-0.3, -0.25) is 13.9 Å². The Kier molecular flexibility index (Phi) is 10.2. The molecule has 0 bridgehead atoms. The van der Waals surface area contributed by atoms with Crippen molar-refractivity contribution >= 4 is 50.7 Å². The van der Waals surface area contributed by atoms with Crippen LogP contribution in [0.4, 0.5) is 5.69 Å². The second kappa shape index (κ2) is 12.4. The van der Waals surface area contributed by atoms with E-state index in [1.165, 1.54) is 4.90 Å². The zero-order valence-electron chi connectivity index (χ0n) is 19.8. The van der Waals surface area contributed by atoms with E-state index in [1.54, 1.807) is 43.3 Å². The third kappa shape index (κ3) is 7.89. The van der Waals surface area contributed by atoms with E-state index < -0.39 is 28.5 Å². The van der Waals surface area contributed by atoms with E-state index in [1.807, 2.05) is 19.9 Å². The highest BCUT2D eigenvalue weighted by Gasteiger charge is 2.30. The van der Waals surface area contributed by atoms with Crippen molar-refractivity contribution in [2.45, 2.75) is 46.2 Å². The highest BCUT2D eigenvalue weighted by molar-refractivity contribution is 7.92. The summed E-state index contributed by atoms with van der Waals surface area (Å²) >= 11 is 12.2. The first-order valence-corrected chi connectivity index (χ1v) is 13.6. The van der Waals surface area contributed by atoms with Crippen molar-refractivity contribution < 1.29 is 18.0 Å². The van der Waals surface area contributed by atoms with Crippen LogP contribution in [0.3, 0.4) is 0 Å². The average Bonchev–Trinajstić information content (AvgIpc) is 2.76. The Morgan fingerprint density at radius 2 is 1.79 bits per heavy atom. The number of carbonyl (C=O) groups is 2. The van der Waals surface area contributed by atoms with Crippen LogP contribution in [0.5, 0.6) is 0 Å². The zero-order chi connectivity index (χ0) is 25.5. The zero-order valence-corrected chi connectivity index (χ0v) is 22.2. The van der Waals surface area contributed by atoms with Gasteiger partial charge in [0.15, 0.2) is 0 Å². The predicted molar refractivity (Wildman–Crippen MR) is 138 cm³/mol. The Balaban J connectivity index is 2.37. The summed E-state index contributed by atoms with van der Waals surface area (Å²) in [5.41, 5.74) is 1.90. The fraction of sp³-hybridized carbons (Fsp3) is 0.417. The topological polar surface area (TPSA) is 86.8 Å². The predicted octanol–water partition coefficient (Wildman–Crippen LogP) is 4.40. The van der Waals surface area contributed by atoms with E-state index in [9.17, 15) is 18.0 Å². The minimum absolute atomic E-state index is 0.0590. The second-order valence-corrected chi connectivity index (χ2v) is 10.9. The number of unbranched alkanes of at least 4 members (excludes halogenated alkanes) is 1. The monoisotopic (exact) mass is 527 g/mol. The molecule has 0 radical (unpaired) electrons. The van der Waals surface area contributed by atoms with Gasteiger partial charge in [-0.25, -0.2) is 8.42 Å². The van der Waals surface area contributed by atoms with Gasteiger partial charge in [-0.15, -0.1) is 0 Å². The van der Waals surface area contributed by atoms with Gasteiger partial charge < -0.3 is 10.2 Å². The van der Waals surface area contributed by atoms with E-state index in [-0.39, 0.29) is 12.5 Å². The number of amides is 2. The van der Waals surface area contributed by atoms with E-state index in [0.717, 1.165) is 29.0 Å². The van der Waals surface area contributed by atoms with Crippen LogP contribution in [0, 0.1) is 6.92 Å². The normalized spacial score (nSPS) is 12.2. The van der Waals surface area contributed by atoms with Gasteiger partial charge in [0, 0.05) is 13.1 Å². The number of halogens is 2. The van der Waals surface area contributed by atoms with E-state index in [0.29, 0.717) is 27.8 Å². The van der Waals surface area contributed by atoms with Gasteiger partial charge in [0.05, 0.1) is 22.0 Å².